The van der Waals surface area contributed by atoms with Gasteiger partial charge in [0.15, 0.2) is 0 Å². The van der Waals surface area contributed by atoms with Crippen LogP contribution in [-0.4, -0.2) is 26.4 Å². The van der Waals surface area contributed by atoms with Crippen LogP contribution >= 0.6 is 0 Å². The van der Waals surface area contributed by atoms with Crippen molar-refractivity contribution in [1.29, 1.82) is 0 Å². The van der Waals surface area contributed by atoms with Gasteiger partial charge in [-0.3, -0.25) is 0 Å². The van der Waals surface area contributed by atoms with Gasteiger partial charge in [-0.25, -0.2) is 9.59 Å². The Labute approximate surface area is 105 Å². The summed E-state index contributed by atoms with van der Waals surface area (Å²) in [5.74, 6) is 0. The summed E-state index contributed by atoms with van der Waals surface area (Å²) in [6.07, 6.45) is -0.989. The molecule has 6 nitrogen and oxygen atoms in total. The van der Waals surface area contributed by atoms with Crippen molar-refractivity contribution < 1.29 is 19.1 Å². The largest absolute Gasteiger partial charge is 0.453 e. The molecule has 1 aromatic carbocycles. The minimum atomic E-state index is -0.495. The zero-order chi connectivity index (χ0) is 13.4. The summed E-state index contributed by atoms with van der Waals surface area (Å²) in [5, 5.41) is 5.17. The molecule has 0 bridgehead atoms. The summed E-state index contributed by atoms with van der Waals surface area (Å²) in [7, 11) is 2.61. The third kappa shape index (κ3) is 4.32. The van der Waals surface area contributed by atoms with E-state index in [0.29, 0.717) is 13.1 Å². The van der Waals surface area contributed by atoms with E-state index in [9.17, 15) is 9.59 Å². The fourth-order valence-electron chi connectivity index (χ4n) is 1.38. The van der Waals surface area contributed by atoms with Crippen molar-refractivity contribution in [3.8, 4) is 0 Å². The van der Waals surface area contributed by atoms with Crippen LogP contribution in [0.2, 0.25) is 0 Å². The third-order valence-electron chi connectivity index (χ3n) is 2.34. The SMILES string of the molecule is COC(=O)NCc1ccccc1CNC(=O)OC. The van der Waals surface area contributed by atoms with Crippen LogP contribution in [0.3, 0.4) is 0 Å². The molecule has 2 amide bonds. The van der Waals surface area contributed by atoms with E-state index in [-0.39, 0.29) is 0 Å². The maximum atomic E-state index is 11.0. The summed E-state index contributed by atoms with van der Waals surface area (Å²) in [4.78, 5) is 22.0. The molecule has 0 saturated heterocycles. The fraction of sp³-hybridized carbons (Fsp3) is 0.333. The second-order valence-corrected chi connectivity index (χ2v) is 3.46. The van der Waals surface area contributed by atoms with Gasteiger partial charge in [-0.1, -0.05) is 24.3 Å². The van der Waals surface area contributed by atoms with Crippen molar-refractivity contribution in [3.05, 3.63) is 35.4 Å². The second kappa shape index (κ2) is 7.16. The lowest BCUT2D eigenvalue weighted by atomic mass is 10.1. The second-order valence-electron chi connectivity index (χ2n) is 3.46. The monoisotopic (exact) mass is 252 g/mol. The normalized spacial score (nSPS) is 9.44. The molecule has 0 saturated carbocycles. The van der Waals surface area contributed by atoms with Gasteiger partial charge in [0.25, 0.3) is 0 Å². The average Bonchev–Trinajstić information content (AvgIpc) is 2.42. The van der Waals surface area contributed by atoms with E-state index in [1.54, 1.807) is 0 Å². The van der Waals surface area contributed by atoms with Crippen LogP contribution in [-0.2, 0) is 22.6 Å². The van der Waals surface area contributed by atoms with E-state index in [1.165, 1.54) is 14.2 Å². The van der Waals surface area contributed by atoms with Crippen molar-refractivity contribution in [1.82, 2.24) is 10.6 Å². The smallest absolute Gasteiger partial charge is 0.407 e. The van der Waals surface area contributed by atoms with Gasteiger partial charge >= 0.3 is 12.2 Å². The first-order chi connectivity index (χ1) is 8.67. The van der Waals surface area contributed by atoms with Crippen molar-refractivity contribution in [2.45, 2.75) is 13.1 Å². The van der Waals surface area contributed by atoms with Gasteiger partial charge in [0.2, 0.25) is 0 Å². The van der Waals surface area contributed by atoms with Gasteiger partial charge in [0.1, 0.15) is 0 Å². The maximum Gasteiger partial charge on any atom is 0.407 e. The lowest BCUT2D eigenvalue weighted by Crippen LogP contribution is -2.25. The Morgan fingerprint density at radius 2 is 1.33 bits per heavy atom. The number of hydrogen-bond acceptors (Lipinski definition) is 4. The Kier molecular flexibility index (Phi) is 5.50. The highest BCUT2D eigenvalue weighted by Crippen LogP contribution is 2.08. The summed E-state index contributed by atoms with van der Waals surface area (Å²) in [6.45, 7) is 0.678. The number of hydrogen-bond donors (Lipinski definition) is 2. The number of amides is 2. The molecule has 0 aliphatic heterocycles. The van der Waals surface area contributed by atoms with Crippen molar-refractivity contribution >= 4 is 12.2 Å². The maximum absolute atomic E-state index is 11.0. The van der Waals surface area contributed by atoms with Gasteiger partial charge in [-0.05, 0) is 11.1 Å². The number of benzene rings is 1. The van der Waals surface area contributed by atoms with Crippen LogP contribution in [0.25, 0.3) is 0 Å². The van der Waals surface area contributed by atoms with Crippen LogP contribution < -0.4 is 10.6 Å². The first-order valence-corrected chi connectivity index (χ1v) is 5.37. The Bertz CT molecular complexity index is 381. The summed E-state index contributed by atoms with van der Waals surface area (Å²) in [5.41, 5.74) is 1.80. The molecule has 0 aromatic heterocycles. The minimum absolute atomic E-state index is 0.339. The molecular formula is C12H16N2O4. The lowest BCUT2D eigenvalue weighted by Gasteiger charge is -2.10. The average molecular weight is 252 g/mol. The van der Waals surface area contributed by atoms with Gasteiger partial charge < -0.3 is 20.1 Å². The molecule has 6 heteroatoms. The number of methoxy groups -OCH3 is 2. The van der Waals surface area contributed by atoms with E-state index in [0.717, 1.165) is 11.1 Å². The van der Waals surface area contributed by atoms with E-state index < -0.39 is 12.2 Å². The van der Waals surface area contributed by atoms with Gasteiger partial charge in [0, 0.05) is 13.1 Å². The molecule has 2 N–H and O–H groups in total. The number of rotatable bonds is 4. The Hall–Kier alpha value is -2.24. The fourth-order valence-corrected chi connectivity index (χ4v) is 1.38. The minimum Gasteiger partial charge on any atom is -0.453 e. The van der Waals surface area contributed by atoms with Crippen LogP contribution in [0.4, 0.5) is 9.59 Å². The van der Waals surface area contributed by atoms with Gasteiger partial charge in [-0.2, -0.15) is 0 Å². The van der Waals surface area contributed by atoms with Crippen LogP contribution in [0.1, 0.15) is 11.1 Å². The standard InChI is InChI=1S/C12H16N2O4/c1-17-11(15)13-7-9-5-3-4-6-10(9)8-14-12(16)18-2/h3-6H,7-8H2,1-2H3,(H,13,15)(H,14,16). The van der Waals surface area contributed by atoms with Gasteiger partial charge in [-0.15, -0.1) is 0 Å². The van der Waals surface area contributed by atoms with E-state index in [2.05, 4.69) is 20.1 Å². The molecule has 0 heterocycles. The number of carbonyl (C=O) groups is 2. The molecule has 0 radical (unpaired) electrons. The van der Waals surface area contributed by atoms with Gasteiger partial charge in [0.05, 0.1) is 14.2 Å². The zero-order valence-electron chi connectivity index (χ0n) is 10.4. The summed E-state index contributed by atoms with van der Waals surface area (Å²) >= 11 is 0. The van der Waals surface area contributed by atoms with Crippen molar-refractivity contribution in [2.24, 2.45) is 0 Å². The van der Waals surface area contributed by atoms with Crippen LogP contribution in [0, 0.1) is 0 Å². The number of alkyl carbamates (subject to hydrolysis) is 2. The zero-order valence-corrected chi connectivity index (χ0v) is 10.4. The van der Waals surface area contributed by atoms with Crippen LogP contribution in [0.5, 0.6) is 0 Å². The van der Waals surface area contributed by atoms with Crippen molar-refractivity contribution in [2.75, 3.05) is 14.2 Å². The predicted molar refractivity (Wildman–Crippen MR) is 64.9 cm³/mol. The Balaban J connectivity index is 2.61. The number of carbonyl (C=O) groups excluding carboxylic acids is 2. The molecule has 98 valence electrons. The molecule has 0 unspecified atom stereocenters. The molecule has 0 atom stereocenters. The highest BCUT2D eigenvalue weighted by Gasteiger charge is 2.05. The molecule has 0 fully saturated rings. The summed E-state index contributed by atoms with van der Waals surface area (Å²) < 4.78 is 8.98. The first kappa shape index (κ1) is 13.8. The topological polar surface area (TPSA) is 76.7 Å². The van der Waals surface area contributed by atoms with E-state index in [4.69, 9.17) is 0 Å². The van der Waals surface area contributed by atoms with Crippen LogP contribution in [0.15, 0.2) is 24.3 Å². The highest BCUT2D eigenvalue weighted by molar-refractivity contribution is 5.67. The quantitative estimate of drug-likeness (QED) is 0.849. The van der Waals surface area contributed by atoms with E-state index in [1.807, 2.05) is 24.3 Å². The molecule has 0 aliphatic rings. The Morgan fingerprint density at radius 1 is 0.944 bits per heavy atom. The molecule has 18 heavy (non-hydrogen) atoms. The molecule has 0 aliphatic carbocycles. The molecular weight excluding hydrogens is 236 g/mol. The van der Waals surface area contributed by atoms with Crippen molar-refractivity contribution in [3.63, 3.8) is 0 Å². The molecule has 1 rings (SSSR count). The Morgan fingerprint density at radius 3 is 1.67 bits per heavy atom. The molecule has 0 spiro atoms. The lowest BCUT2D eigenvalue weighted by molar-refractivity contribution is 0.169. The third-order valence-corrected chi connectivity index (χ3v) is 2.34. The number of ether oxygens (including phenoxy) is 2. The molecule has 1 aromatic rings. The van der Waals surface area contributed by atoms with E-state index >= 15 is 0 Å². The number of nitrogens with one attached hydrogen (secondary N) is 2. The summed E-state index contributed by atoms with van der Waals surface area (Å²) in [6, 6.07) is 7.44. The predicted octanol–water partition coefficient (Wildman–Crippen LogP) is 1.40. The highest BCUT2D eigenvalue weighted by atomic mass is 16.5. The first-order valence-electron chi connectivity index (χ1n) is 5.37.